The summed E-state index contributed by atoms with van der Waals surface area (Å²) in [4.78, 5) is 0.177. The molecule has 1 aromatic heterocycles. The number of hydrogen-bond donors (Lipinski definition) is 0. The van der Waals surface area contributed by atoms with E-state index in [0.717, 1.165) is 0 Å². The predicted octanol–water partition coefficient (Wildman–Crippen LogP) is 3.78. The van der Waals surface area contributed by atoms with Gasteiger partial charge in [-0.1, -0.05) is 48.5 Å². The molecule has 9 heteroatoms. The Kier molecular flexibility index (Phi) is 5.71. The van der Waals surface area contributed by atoms with Gasteiger partial charge in [-0.05, 0) is 35.4 Å². The zero-order valence-electron chi connectivity index (χ0n) is 18.6. The molecule has 2 heterocycles. The maximum absolute atomic E-state index is 13.7. The van der Waals surface area contributed by atoms with Gasteiger partial charge in [-0.3, -0.25) is 0 Å². The average molecular weight is 497 g/mol. The molecule has 1 aliphatic rings. The van der Waals surface area contributed by atoms with Crippen LogP contribution < -0.4 is 4.74 Å². The summed E-state index contributed by atoms with van der Waals surface area (Å²) in [5, 5.41) is 0.704. The Morgan fingerprint density at radius 2 is 1.56 bits per heavy atom. The van der Waals surface area contributed by atoms with E-state index >= 15 is 0 Å². The van der Waals surface area contributed by atoms with Crippen molar-refractivity contribution in [3.8, 4) is 5.75 Å². The van der Waals surface area contributed by atoms with Gasteiger partial charge in [-0.25, -0.2) is 20.8 Å². The summed E-state index contributed by atoms with van der Waals surface area (Å²) < 4.78 is 62.0. The number of aromatic nitrogens is 1. The molecule has 3 aromatic carbocycles. The molecule has 0 radical (unpaired) electrons. The number of fused-ring (bicyclic) bond motifs is 3. The third-order valence-corrected chi connectivity index (χ3v) is 9.70. The van der Waals surface area contributed by atoms with E-state index in [1.807, 2.05) is 18.2 Å². The standard InChI is InChI=1S/C25H24N2O5S2/c1-32-20-12-13-22-23-17-26(33(28,29)18-19-8-4-2-5-9-19)15-14-24(23)27(25(22)16-20)34(30,31)21-10-6-3-7-11-21/h2-13,16H,14-15,17-18H2,1H3. The summed E-state index contributed by atoms with van der Waals surface area (Å²) in [7, 11) is -5.96. The molecule has 0 fully saturated rings. The normalized spacial score (nSPS) is 14.7. The SMILES string of the molecule is COc1ccc2c3c(n(S(=O)(=O)c4ccccc4)c2c1)CCN(S(=O)(=O)Cc1ccccc1)C3. The van der Waals surface area contributed by atoms with Crippen molar-refractivity contribution in [3.05, 3.63) is 95.7 Å². The van der Waals surface area contributed by atoms with Crippen LogP contribution in [0.5, 0.6) is 5.75 Å². The van der Waals surface area contributed by atoms with Crippen LogP contribution in [0.25, 0.3) is 10.9 Å². The highest BCUT2D eigenvalue weighted by Gasteiger charge is 2.34. The number of ether oxygens (including phenoxy) is 1. The van der Waals surface area contributed by atoms with E-state index in [4.69, 9.17) is 4.74 Å². The summed E-state index contributed by atoms with van der Waals surface area (Å²) in [6.45, 7) is 0.324. The molecule has 7 nitrogen and oxygen atoms in total. The molecule has 176 valence electrons. The molecule has 0 spiro atoms. The number of rotatable bonds is 6. The summed E-state index contributed by atoms with van der Waals surface area (Å²) in [5.41, 5.74) is 2.51. The highest BCUT2D eigenvalue weighted by Crippen LogP contribution is 2.36. The Balaban J connectivity index is 1.63. The van der Waals surface area contributed by atoms with Crippen molar-refractivity contribution in [3.63, 3.8) is 0 Å². The highest BCUT2D eigenvalue weighted by molar-refractivity contribution is 7.90. The van der Waals surface area contributed by atoms with E-state index < -0.39 is 20.0 Å². The summed E-state index contributed by atoms with van der Waals surface area (Å²) in [6.07, 6.45) is 0.284. The van der Waals surface area contributed by atoms with E-state index in [2.05, 4.69) is 0 Å². The van der Waals surface area contributed by atoms with Crippen molar-refractivity contribution in [2.24, 2.45) is 0 Å². The minimum atomic E-state index is -3.90. The lowest BCUT2D eigenvalue weighted by Gasteiger charge is -2.27. The number of nitrogens with zero attached hydrogens (tertiary/aromatic N) is 2. The van der Waals surface area contributed by atoms with Gasteiger partial charge in [0.1, 0.15) is 5.75 Å². The Morgan fingerprint density at radius 1 is 0.882 bits per heavy atom. The van der Waals surface area contributed by atoms with Gasteiger partial charge in [-0.2, -0.15) is 4.31 Å². The zero-order chi connectivity index (χ0) is 23.9. The van der Waals surface area contributed by atoms with Crippen LogP contribution in [-0.4, -0.2) is 38.8 Å². The zero-order valence-corrected chi connectivity index (χ0v) is 20.2. The van der Waals surface area contributed by atoms with Crippen molar-refractivity contribution in [2.75, 3.05) is 13.7 Å². The Morgan fingerprint density at radius 3 is 2.24 bits per heavy atom. The lowest BCUT2D eigenvalue weighted by Crippen LogP contribution is -2.37. The largest absolute Gasteiger partial charge is 0.497 e. The molecule has 0 saturated carbocycles. The van der Waals surface area contributed by atoms with Crippen LogP contribution in [0.4, 0.5) is 0 Å². The molecule has 0 N–H and O–H groups in total. The second-order valence-electron chi connectivity index (χ2n) is 8.22. The summed E-state index contributed by atoms with van der Waals surface area (Å²) in [6, 6.07) is 22.6. The molecule has 0 aliphatic carbocycles. The van der Waals surface area contributed by atoms with Crippen LogP contribution in [-0.2, 0) is 38.8 Å². The number of sulfonamides is 1. The van der Waals surface area contributed by atoms with E-state index in [9.17, 15) is 16.8 Å². The molecule has 0 amide bonds. The van der Waals surface area contributed by atoms with Gasteiger partial charge in [-0.15, -0.1) is 0 Å². The first-order valence-corrected chi connectivity index (χ1v) is 13.9. The van der Waals surface area contributed by atoms with Crippen LogP contribution in [0.2, 0.25) is 0 Å². The van der Waals surface area contributed by atoms with Gasteiger partial charge in [0.2, 0.25) is 10.0 Å². The van der Waals surface area contributed by atoms with Crippen molar-refractivity contribution in [1.82, 2.24) is 8.28 Å². The lowest BCUT2D eigenvalue weighted by molar-refractivity contribution is 0.389. The summed E-state index contributed by atoms with van der Waals surface area (Å²) in [5.74, 6) is 0.429. The topological polar surface area (TPSA) is 85.7 Å². The van der Waals surface area contributed by atoms with Crippen LogP contribution in [0.15, 0.2) is 83.8 Å². The molecule has 0 bridgehead atoms. The van der Waals surface area contributed by atoms with Gasteiger partial charge in [0.05, 0.1) is 23.3 Å². The van der Waals surface area contributed by atoms with Crippen LogP contribution in [0.3, 0.4) is 0 Å². The Hall–Kier alpha value is -3.14. The molecular formula is C25H24N2O5S2. The first kappa shape index (κ1) is 22.6. The third kappa shape index (κ3) is 3.89. The maximum atomic E-state index is 13.7. The molecular weight excluding hydrogens is 472 g/mol. The average Bonchev–Trinajstić information content (AvgIpc) is 3.18. The van der Waals surface area contributed by atoms with E-state index in [0.29, 0.717) is 33.5 Å². The predicted molar refractivity (Wildman–Crippen MR) is 131 cm³/mol. The number of benzene rings is 3. The van der Waals surface area contributed by atoms with Crippen LogP contribution >= 0.6 is 0 Å². The second kappa shape index (κ2) is 8.57. The molecule has 1 aliphatic heterocycles. The van der Waals surface area contributed by atoms with Gasteiger partial charge in [0.25, 0.3) is 10.0 Å². The second-order valence-corrected chi connectivity index (χ2v) is 12.0. The quantitative estimate of drug-likeness (QED) is 0.406. The van der Waals surface area contributed by atoms with E-state index in [1.54, 1.807) is 60.7 Å². The minimum absolute atomic E-state index is 0.0993. The fourth-order valence-electron chi connectivity index (χ4n) is 4.49. The molecule has 5 rings (SSSR count). The van der Waals surface area contributed by atoms with Crippen molar-refractivity contribution in [2.45, 2.75) is 23.6 Å². The Bertz CT molecular complexity index is 1560. The number of methoxy groups -OCH3 is 1. The van der Waals surface area contributed by atoms with E-state index in [1.165, 1.54) is 15.4 Å². The number of hydrogen-bond acceptors (Lipinski definition) is 5. The lowest BCUT2D eigenvalue weighted by atomic mass is 10.1. The summed E-state index contributed by atoms with van der Waals surface area (Å²) >= 11 is 0. The van der Waals surface area contributed by atoms with Gasteiger partial charge in [0.15, 0.2) is 0 Å². The Labute approximate surface area is 199 Å². The smallest absolute Gasteiger partial charge is 0.268 e. The third-order valence-electron chi connectivity index (χ3n) is 6.14. The first-order valence-electron chi connectivity index (χ1n) is 10.8. The van der Waals surface area contributed by atoms with Crippen molar-refractivity contribution in [1.29, 1.82) is 0 Å². The van der Waals surface area contributed by atoms with Crippen molar-refractivity contribution >= 4 is 30.9 Å². The molecule has 0 atom stereocenters. The fraction of sp³-hybridized carbons (Fsp3) is 0.200. The maximum Gasteiger partial charge on any atom is 0.268 e. The first-order chi connectivity index (χ1) is 16.3. The molecule has 34 heavy (non-hydrogen) atoms. The van der Waals surface area contributed by atoms with Crippen molar-refractivity contribution < 1.29 is 21.6 Å². The van der Waals surface area contributed by atoms with Gasteiger partial charge in [0, 0.05) is 36.7 Å². The van der Waals surface area contributed by atoms with E-state index in [-0.39, 0.29) is 30.2 Å². The molecule has 4 aromatic rings. The molecule has 0 saturated heterocycles. The van der Waals surface area contributed by atoms with Crippen LogP contribution in [0.1, 0.15) is 16.8 Å². The van der Waals surface area contributed by atoms with Crippen LogP contribution in [0, 0.1) is 0 Å². The van der Waals surface area contributed by atoms with Gasteiger partial charge < -0.3 is 4.74 Å². The highest BCUT2D eigenvalue weighted by atomic mass is 32.2. The molecule has 0 unspecified atom stereocenters. The fourth-order valence-corrected chi connectivity index (χ4v) is 7.59. The van der Waals surface area contributed by atoms with Gasteiger partial charge >= 0.3 is 0 Å². The minimum Gasteiger partial charge on any atom is -0.497 e. The monoisotopic (exact) mass is 496 g/mol.